The van der Waals surface area contributed by atoms with Crippen molar-refractivity contribution in [3.63, 3.8) is 0 Å². The van der Waals surface area contributed by atoms with Crippen LogP contribution in [0.5, 0.6) is 0 Å². The Morgan fingerprint density at radius 3 is 2.30 bits per heavy atom. The van der Waals surface area contributed by atoms with E-state index < -0.39 is 0 Å². The SMILES string of the molecule is COC1CCN(CCCOCCCOC2CN(C(C)C)C2)CC1. The summed E-state index contributed by atoms with van der Waals surface area (Å²) in [6, 6.07) is 0.651. The van der Waals surface area contributed by atoms with Gasteiger partial charge >= 0.3 is 0 Å². The van der Waals surface area contributed by atoms with Gasteiger partial charge in [-0.1, -0.05) is 0 Å². The minimum Gasteiger partial charge on any atom is -0.381 e. The lowest BCUT2D eigenvalue weighted by Crippen LogP contribution is -2.55. The van der Waals surface area contributed by atoms with Gasteiger partial charge in [0.05, 0.1) is 12.2 Å². The molecule has 5 heteroatoms. The smallest absolute Gasteiger partial charge is 0.0828 e. The van der Waals surface area contributed by atoms with Gasteiger partial charge in [-0.3, -0.25) is 4.90 Å². The van der Waals surface area contributed by atoms with Gasteiger partial charge in [0, 0.05) is 65.7 Å². The van der Waals surface area contributed by atoms with Crippen molar-refractivity contribution in [2.24, 2.45) is 0 Å². The highest BCUT2D eigenvalue weighted by molar-refractivity contribution is 4.82. The monoisotopic (exact) mass is 328 g/mol. The topological polar surface area (TPSA) is 34.2 Å². The normalized spacial score (nSPS) is 21.9. The van der Waals surface area contributed by atoms with Crippen molar-refractivity contribution in [1.82, 2.24) is 9.80 Å². The van der Waals surface area contributed by atoms with E-state index in [4.69, 9.17) is 14.2 Å². The molecule has 0 spiro atoms. The maximum absolute atomic E-state index is 5.84. The Morgan fingerprint density at radius 2 is 1.65 bits per heavy atom. The number of ether oxygens (including phenoxy) is 3. The van der Waals surface area contributed by atoms with Gasteiger partial charge in [0.15, 0.2) is 0 Å². The fourth-order valence-electron chi connectivity index (χ4n) is 3.27. The van der Waals surface area contributed by atoms with Crippen molar-refractivity contribution >= 4 is 0 Å². The summed E-state index contributed by atoms with van der Waals surface area (Å²) in [5, 5.41) is 0. The van der Waals surface area contributed by atoms with E-state index in [9.17, 15) is 0 Å². The van der Waals surface area contributed by atoms with Crippen LogP contribution in [-0.4, -0.2) is 87.7 Å². The van der Waals surface area contributed by atoms with E-state index in [0.717, 1.165) is 52.3 Å². The van der Waals surface area contributed by atoms with Gasteiger partial charge in [0.2, 0.25) is 0 Å². The summed E-state index contributed by atoms with van der Waals surface area (Å²) in [6.45, 7) is 12.7. The molecule has 0 aromatic rings. The van der Waals surface area contributed by atoms with Crippen molar-refractivity contribution in [3.05, 3.63) is 0 Å². The molecule has 0 aromatic heterocycles. The third kappa shape index (κ3) is 7.06. The number of nitrogens with zero attached hydrogens (tertiary/aromatic N) is 2. The van der Waals surface area contributed by atoms with E-state index in [0.29, 0.717) is 18.2 Å². The maximum atomic E-state index is 5.84. The molecule has 0 atom stereocenters. The summed E-state index contributed by atoms with van der Waals surface area (Å²) in [6.07, 6.45) is 5.41. The lowest BCUT2D eigenvalue weighted by Gasteiger charge is -2.41. The summed E-state index contributed by atoms with van der Waals surface area (Å²) in [7, 11) is 1.82. The molecule has 0 bridgehead atoms. The molecule has 136 valence electrons. The molecule has 0 saturated carbocycles. The van der Waals surface area contributed by atoms with Crippen LogP contribution >= 0.6 is 0 Å². The Kier molecular flexibility index (Phi) is 8.83. The van der Waals surface area contributed by atoms with E-state index in [2.05, 4.69) is 23.6 Å². The fourth-order valence-corrected chi connectivity index (χ4v) is 3.27. The summed E-state index contributed by atoms with van der Waals surface area (Å²) in [5.41, 5.74) is 0. The highest BCUT2D eigenvalue weighted by Crippen LogP contribution is 2.15. The molecule has 2 saturated heterocycles. The Morgan fingerprint density at radius 1 is 0.957 bits per heavy atom. The van der Waals surface area contributed by atoms with E-state index in [1.165, 1.54) is 25.9 Å². The molecular formula is C18H36N2O3. The highest BCUT2D eigenvalue weighted by Gasteiger charge is 2.28. The molecule has 5 nitrogen and oxygen atoms in total. The Balaban J connectivity index is 1.33. The van der Waals surface area contributed by atoms with Gasteiger partial charge in [-0.25, -0.2) is 0 Å². The van der Waals surface area contributed by atoms with E-state index in [-0.39, 0.29) is 0 Å². The number of methoxy groups -OCH3 is 1. The van der Waals surface area contributed by atoms with Crippen LogP contribution in [0.1, 0.15) is 39.5 Å². The Labute approximate surface area is 142 Å². The Hall–Kier alpha value is -0.200. The molecule has 2 rings (SSSR count). The zero-order valence-corrected chi connectivity index (χ0v) is 15.3. The molecule has 0 amide bonds. The van der Waals surface area contributed by atoms with Crippen molar-refractivity contribution in [1.29, 1.82) is 0 Å². The van der Waals surface area contributed by atoms with Crippen molar-refractivity contribution in [2.75, 3.05) is 59.7 Å². The quantitative estimate of drug-likeness (QED) is 0.542. The minimum absolute atomic E-state index is 0.451. The molecule has 23 heavy (non-hydrogen) atoms. The zero-order valence-electron chi connectivity index (χ0n) is 15.3. The van der Waals surface area contributed by atoms with Crippen LogP contribution in [-0.2, 0) is 14.2 Å². The molecule has 0 aromatic carbocycles. The van der Waals surface area contributed by atoms with Crippen LogP contribution in [0.25, 0.3) is 0 Å². The van der Waals surface area contributed by atoms with Gasteiger partial charge < -0.3 is 19.1 Å². The lowest BCUT2D eigenvalue weighted by molar-refractivity contribution is -0.0705. The number of likely N-dealkylation sites (tertiary alicyclic amines) is 2. The van der Waals surface area contributed by atoms with E-state index in [1.807, 2.05) is 7.11 Å². The fraction of sp³-hybridized carbons (Fsp3) is 1.00. The second-order valence-corrected chi connectivity index (χ2v) is 7.14. The number of hydrogen-bond donors (Lipinski definition) is 0. The van der Waals surface area contributed by atoms with Crippen LogP contribution in [0.3, 0.4) is 0 Å². The summed E-state index contributed by atoms with van der Waals surface area (Å²) in [5.74, 6) is 0. The van der Waals surface area contributed by atoms with Crippen LogP contribution in [0.15, 0.2) is 0 Å². The number of rotatable bonds is 11. The third-order valence-electron chi connectivity index (χ3n) is 5.02. The second-order valence-electron chi connectivity index (χ2n) is 7.14. The predicted octanol–water partition coefficient (Wildman–Crippen LogP) is 2.00. The van der Waals surface area contributed by atoms with Gasteiger partial charge in [0.25, 0.3) is 0 Å². The third-order valence-corrected chi connectivity index (χ3v) is 5.02. The summed E-state index contributed by atoms with van der Waals surface area (Å²) in [4.78, 5) is 4.97. The first kappa shape index (κ1) is 19.1. The number of hydrogen-bond acceptors (Lipinski definition) is 5. The van der Waals surface area contributed by atoms with Gasteiger partial charge in [-0.05, 0) is 39.5 Å². The molecule has 2 aliphatic heterocycles. The first-order valence-electron chi connectivity index (χ1n) is 9.37. The molecule has 2 aliphatic rings. The minimum atomic E-state index is 0.451. The van der Waals surface area contributed by atoms with Crippen LogP contribution in [0.2, 0.25) is 0 Å². The first-order valence-corrected chi connectivity index (χ1v) is 9.37. The van der Waals surface area contributed by atoms with Gasteiger partial charge in [0.1, 0.15) is 0 Å². The molecular weight excluding hydrogens is 292 g/mol. The average molecular weight is 328 g/mol. The predicted molar refractivity (Wildman–Crippen MR) is 93.0 cm³/mol. The van der Waals surface area contributed by atoms with Gasteiger partial charge in [-0.2, -0.15) is 0 Å². The largest absolute Gasteiger partial charge is 0.381 e. The second kappa shape index (κ2) is 10.6. The van der Waals surface area contributed by atoms with Crippen molar-refractivity contribution < 1.29 is 14.2 Å². The number of piperidine rings is 1. The molecule has 0 unspecified atom stereocenters. The average Bonchev–Trinajstić information content (AvgIpc) is 2.51. The van der Waals surface area contributed by atoms with Crippen molar-refractivity contribution in [3.8, 4) is 0 Å². The van der Waals surface area contributed by atoms with E-state index in [1.54, 1.807) is 0 Å². The lowest BCUT2D eigenvalue weighted by atomic mass is 10.1. The van der Waals surface area contributed by atoms with Crippen LogP contribution < -0.4 is 0 Å². The standard InChI is InChI=1S/C18H36N2O3/c1-16(2)20-14-18(15-20)23-13-5-12-22-11-4-8-19-9-6-17(21-3)7-10-19/h16-18H,4-15H2,1-3H3. The van der Waals surface area contributed by atoms with Gasteiger partial charge in [-0.15, -0.1) is 0 Å². The maximum Gasteiger partial charge on any atom is 0.0828 e. The van der Waals surface area contributed by atoms with Crippen molar-refractivity contribution in [2.45, 2.75) is 57.8 Å². The molecule has 0 N–H and O–H groups in total. The van der Waals surface area contributed by atoms with Crippen LogP contribution in [0, 0.1) is 0 Å². The Bertz CT molecular complexity index is 301. The summed E-state index contributed by atoms with van der Waals surface area (Å²) < 4.78 is 17.0. The zero-order chi connectivity index (χ0) is 16.5. The van der Waals surface area contributed by atoms with Crippen LogP contribution in [0.4, 0.5) is 0 Å². The van der Waals surface area contributed by atoms with E-state index >= 15 is 0 Å². The molecule has 0 radical (unpaired) electrons. The summed E-state index contributed by atoms with van der Waals surface area (Å²) >= 11 is 0. The molecule has 2 heterocycles. The molecule has 0 aliphatic carbocycles. The molecule has 2 fully saturated rings. The first-order chi connectivity index (χ1) is 11.2. The highest BCUT2D eigenvalue weighted by atomic mass is 16.5.